The van der Waals surface area contributed by atoms with E-state index in [1.807, 2.05) is 0 Å². The van der Waals surface area contributed by atoms with Gasteiger partial charge in [-0.3, -0.25) is 4.79 Å². The average molecular weight is 321 g/mol. The van der Waals surface area contributed by atoms with E-state index in [9.17, 15) is 9.90 Å². The summed E-state index contributed by atoms with van der Waals surface area (Å²) in [4.78, 5) is 12.2. The van der Waals surface area contributed by atoms with Gasteiger partial charge in [-0.25, -0.2) is 0 Å². The topological polar surface area (TPSA) is 50.4 Å². The van der Waals surface area contributed by atoms with E-state index in [4.69, 9.17) is 16.0 Å². The smallest absolute Gasteiger partial charge is 0.193 e. The van der Waals surface area contributed by atoms with Crippen LogP contribution in [0.25, 0.3) is 5.57 Å². The molecule has 0 amide bonds. The van der Waals surface area contributed by atoms with Crippen molar-refractivity contribution in [3.8, 4) is 5.75 Å². The van der Waals surface area contributed by atoms with Crippen LogP contribution in [0.5, 0.6) is 5.75 Å². The lowest BCUT2D eigenvalue weighted by Crippen LogP contribution is -2.18. The molecule has 2 heterocycles. The molecule has 0 saturated carbocycles. The second-order valence-corrected chi connectivity index (χ2v) is 6.40. The molecular weight excluding hydrogens is 308 g/mol. The molecule has 0 fully saturated rings. The highest BCUT2D eigenvalue weighted by Crippen LogP contribution is 2.45. The average Bonchev–Trinajstić information content (AvgIpc) is 2.41. The first-order valence-electron chi connectivity index (χ1n) is 6.42. The zero-order chi connectivity index (χ0) is 15.1. The number of aromatic hydroxyl groups is 1. The lowest BCUT2D eigenvalue weighted by molar-refractivity contribution is 0.421. The number of rotatable bonds is 1. The summed E-state index contributed by atoms with van der Waals surface area (Å²) in [6.45, 7) is 5.80. The lowest BCUT2D eigenvalue weighted by Gasteiger charge is -2.26. The summed E-state index contributed by atoms with van der Waals surface area (Å²) >= 11 is 7.46. The molecule has 5 heteroatoms. The fourth-order valence-electron chi connectivity index (χ4n) is 2.49. The summed E-state index contributed by atoms with van der Waals surface area (Å²) in [6.07, 6.45) is 0. The number of allylic oxidation sites excluding steroid dienone is 1. The van der Waals surface area contributed by atoms with E-state index >= 15 is 0 Å². The lowest BCUT2D eigenvalue weighted by atomic mass is 9.89. The largest absolute Gasteiger partial charge is 0.508 e. The van der Waals surface area contributed by atoms with Crippen molar-refractivity contribution in [3.63, 3.8) is 0 Å². The molecule has 1 aromatic carbocycles. The third kappa shape index (κ3) is 2.49. The molecule has 1 aromatic heterocycles. The van der Waals surface area contributed by atoms with Crippen LogP contribution in [0.2, 0.25) is 5.02 Å². The van der Waals surface area contributed by atoms with Gasteiger partial charge in [-0.15, -0.1) is 0 Å². The van der Waals surface area contributed by atoms with Crippen LogP contribution in [-0.2, 0) is 0 Å². The molecule has 108 valence electrons. The maximum atomic E-state index is 12.2. The Balaban J connectivity index is 2.11. The summed E-state index contributed by atoms with van der Waals surface area (Å²) in [5, 5.41) is 11.2. The first-order chi connectivity index (χ1) is 9.97. The molecule has 3 rings (SSSR count). The maximum absolute atomic E-state index is 12.2. The molecular formula is C16H13ClO3S. The van der Waals surface area contributed by atoms with Crippen molar-refractivity contribution in [1.82, 2.24) is 0 Å². The molecule has 1 unspecified atom stereocenters. The molecule has 0 radical (unpaired) electrons. The summed E-state index contributed by atoms with van der Waals surface area (Å²) in [5.41, 5.74) is 1.75. The number of halogens is 1. The number of phenols is 1. The Bertz CT molecular complexity index is 795. The van der Waals surface area contributed by atoms with E-state index in [0.29, 0.717) is 38.3 Å². The summed E-state index contributed by atoms with van der Waals surface area (Å²) in [7, 11) is 0. The normalized spacial score (nSPS) is 17.6. The minimum absolute atomic E-state index is 0.0996. The van der Waals surface area contributed by atoms with Crippen molar-refractivity contribution in [2.24, 2.45) is 0 Å². The van der Waals surface area contributed by atoms with Crippen LogP contribution in [0.15, 0.2) is 45.1 Å². The summed E-state index contributed by atoms with van der Waals surface area (Å²) in [5.74, 6) is 1.23. The quantitative estimate of drug-likeness (QED) is 0.855. The van der Waals surface area contributed by atoms with Gasteiger partial charge in [0.25, 0.3) is 0 Å². The first-order valence-corrected chi connectivity index (χ1v) is 7.79. The van der Waals surface area contributed by atoms with Gasteiger partial charge >= 0.3 is 0 Å². The molecule has 1 atom stereocenters. The SMILES string of the molecule is C=C1c2c(oc(C)cc2=O)SCC1c1cc(Cl)ccc1O. The Kier molecular flexibility index (Phi) is 3.59. The highest BCUT2D eigenvalue weighted by Gasteiger charge is 2.30. The molecule has 0 bridgehead atoms. The standard InChI is InChI=1S/C16H13ClO3S/c1-8-5-14(19)15-9(2)12(7-21-16(15)20-8)11-6-10(17)3-4-13(11)18/h3-6,12,18H,2,7H2,1H3. The molecule has 3 nitrogen and oxygen atoms in total. The van der Waals surface area contributed by atoms with Crippen molar-refractivity contribution in [2.45, 2.75) is 17.9 Å². The second kappa shape index (κ2) is 5.28. The van der Waals surface area contributed by atoms with Crippen LogP contribution >= 0.6 is 23.4 Å². The van der Waals surface area contributed by atoms with Gasteiger partial charge in [0.15, 0.2) is 10.5 Å². The second-order valence-electron chi connectivity index (χ2n) is 4.98. The summed E-state index contributed by atoms with van der Waals surface area (Å²) < 4.78 is 5.60. The predicted octanol–water partition coefficient (Wildman–Crippen LogP) is 4.21. The monoisotopic (exact) mass is 320 g/mol. The highest BCUT2D eigenvalue weighted by molar-refractivity contribution is 7.99. The van der Waals surface area contributed by atoms with Crippen molar-refractivity contribution >= 4 is 28.9 Å². The zero-order valence-corrected chi connectivity index (χ0v) is 12.9. The van der Waals surface area contributed by atoms with Gasteiger partial charge in [0, 0.05) is 28.3 Å². The zero-order valence-electron chi connectivity index (χ0n) is 11.4. The van der Waals surface area contributed by atoms with E-state index in [1.165, 1.54) is 17.8 Å². The van der Waals surface area contributed by atoms with E-state index in [2.05, 4.69) is 6.58 Å². The third-order valence-electron chi connectivity index (χ3n) is 3.53. The number of hydrogen-bond donors (Lipinski definition) is 1. The third-order valence-corrected chi connectivity index (χ3v) is 4.81. The Labute approximate surface area is 131 Å². The van der Waals surface area contributed by atoms with Crippen molar-refractivity contribution in [3.05, 3.63) is 63.0 Å². The van der Waals surface area contributed by atoms with Crippen LogP contribution in [0, 0.1) is 6.92 Å². The Hall–Kier alpha value is -1.65. The number of aryl methyl sites for hydroxylation is 1. The van der Waals surface area contributed by atoms with E-state index in [1.54, 1.807) is 25.1 Å². The van der Waals surface area contributed by atoms with Gasteiger partial charge < -0.3 is 9.52 Å². The van der Waals surface area contributed by atoms with Gasteiger partial charge in [0.1, 0.15) is 11.5 Å². The molecule has 0 saturated heterocycles. The number of phenolic OH excluding ortho intramolecular Hbond substituents is 1. The van der Waals surface area contributed by atoms with E-state index < -0.39 is 0 Å². The van der Waals surface area contributed by atoms with Crippen LogP contribution in [-0.4, -0.2) is 10.9 Å². The number of benzene rings is 1. The van der Waals surface area contributed by atoms with Crippen LogP contribution in [0.3, 0.4) is 0 Å². The number of fused-ring (bicyclic) bond motifs is 1. The fourth-order valence-corrected chi connectivity index (χ4v) is 3.94. The Morgan fingerprint density at radius 2 is 2.19 bits per heavy atom. The Morgan fingerprint density at radius 3 is 2.95 bits per heavy atom. The molecule has 0 spiro atoms. The van der Waals surface area contributed by atoms with Gasteiger partial charge in [-0.2, -0.15) is 0 Å². The molecule has 1 aliphatic rings. The predicted molar refractivity (Wildman–Crippen MR) is 85.3 cm³/mol. The van der Waals surface area contributed by atoms with Crippen molar-refractivity contribution in [2.75, 3.05) is 5.75 Å². The van der Waals surface area contributed by atoms with E-state index in [0.717, 1.165) is 0 Å². The highest BCUT2D eigenvalue weighted by atomic mass is 35.5. The number of thioether (sulfide) groups is 1. The molecule has 0 aliphatic carbocycles. The van der Waals surface area contributed by atoms with Gasteiger partial charge in [0.05, 0.1) is 5.56 Å². The minimum Gasteiger partial charge on any atom is -0.508 e. The van der Waals surface area contributed by atoms with Gasteiger partial charge in [0.2, 0.25) is 0 Å². The van der Waals surface area contributed by atoms with Gasteiger partial charge in [-0.05, 0) is 30.7 Å². The van der Waals surface area contributed by atoms with Crippen molar-refractivity contribution in [1.29, 1.82) is 0 Å². The van der Waals surface area contributed by atoms with Gasteiger partial charge in [-0.1, -0.05) is 29.9 Å². The van der Waals surface area contributed by atoms with Crippen molar-refractivity contribution < 1.29 is 9.52 Å². The van der Waals surface area contributed by atoms with E-state index in [-0.39, 0.29) is 17.1 Å². The summed E-state index contributed by atoms with van der Waals surface area (Å²) in [6, 6.07) is 6.37. The van der Waals surface area contributed by atoms with Crippen LogP contribution in [0.1, 0.15) is 22.8 Å². The Morgan fingerprint density at radius 1 is 1.43 bits per heavy atom. The number of hydrogen-bond acceptors (Lipinski definition) is 4. The fraction of sp³-hybridized carbons (Fsp3) is 0.188. The molecule has 21 heavy (non-hydrogen) atoms. The molecule has 2 aromatic rings. The maximum Gasteiger partial charge on any atom is 0.193 e. The molecule has 1 N–H and O–H groups in total. The van der Waals surface area contributed by atoms with Crippen LogP contribution < -0.4 is 5.43 Å². The first kappa shape index (κ1) is 14.3. The minimum atomic E-state index is -0.160. The molecule has 1 aliphatic heterocycles. The van der Waals surface area contributed by atoms with Crippen LogP contribution in [0.4, 0.5) is 0 Å².